The fourth-order valence-corrected chi connectivity index (χ4v) is 3.64. The van der Waals surface area contributed by atoms with E-state index >= 15 is 0 Å². The van der Waals surface area contributed by atoms with Crippen molar-refractivity contribution in [2.75, 3.05) is 13.1 Å². The maximum atomic E-state index is 12.6. The van der Waals surface area contributed by atoms with Crippen molar-refractivity contribution in [1.29, 1.82) is 0 Å². The van der Waals surface area contributed by atoms with E-state index in [0.29, 0.717) is 5.16 Å². The smallest absolute Gasteiger partial charge is 0.235 e. The molecular formula is C18H24N4OS. The molecule has 1 aromatic heterocycles. The van der Waals surface area contributed by atoms with Crippen molar-refractivity contribution in [2.45, 2.75) is 44.0 Å². The first-order chi connectivity index (χ1) is 11.5. The highest BCUT2D eigenvalue weighted by molar-refractivity contribution is 8.00. The normalized spacial score (nSPS) is 17.0. The minimum absolute atomic E-state index is 0.167. The first-order valence-electron chi connectivity index (χ1n) is 8.48. The van der Waals surface area contributed by atoms with Crippen molar-refractivity contribution in [1.82, 2.24) is 20.1 Å². The van der Waals surface area contributed by atoms with E-state index in [1.54, 1.807) is 0 Å². The second-order valence-electron chi connectivity index (χ2n) is 6.60. The Labute approximate surface area is 147 Å². The van der Waals surface area contributed by atoms with Crippen molar-refractivity contribution in [2.24, 2.45) is 5.92 Å². The van der Waals surface area contributed by atoms with Crippen molar-refractivity contribution >= 4 is 17.7 Å². The Morgan fingerprint density at radius 2 is 1.96 bits per heavy atom. The molecule has 3 rings (SSSR count). The van der Waals surface area contributed by atoms with Crippen LogP contribution in [0, 0.1) is 12.8 Å². The van der Waals surface area contributed by atoms with Gasteiger partial charge in [0, 0.05) is 18.7 Å². The number of aryl methyl sites for hydroxylation is 1. The Morgan fingerprint density at radius 3 is 2.62 bits per heavy atom. The number of nitrogens with zero attached hydrogens (tertiary/aromatic N) is 3. The molecule has 2 heterocycles. The summed E-state index contributed by atoms with van der Waals surface area (Å²) in [6.45, 7) is 7.98. The van der Waals surface area contributed by atoms with Crippen LogP contribution < -0.4 is 0 Å². The summed E-state index contributed by atoms with van der Waals surface area (Å²) in [5.41, 5.74) is 2.21. The predicted molar refractivity (Wildman–Crippen MR) is 96.9 cm³/mol. The Balaban J connectivity index is 1.61. The van der Waals surface area contributed by atoms with Crippen LogP contribution in [0.15, 0.2) is 29.4 Å². The largest absolute Gasteiger partial charge is 0.342 e. The number of hydrogen-bond acceptors (Lipinski definition) is 4. The molecule has 5 nitrogen and oxygen atoms in total. The lowest BCUT2D eigenvalue weighted by Crippen LogP contribution is -2.41. The second kappa shape index (κ2) is 7.38. The van der Waals surface area contributed by atoms with Gasteiger partial charge in [-0.25, -0.2) is 4.98 Å². The van der Waals surface area contributed by atoms with Gasteiger partial charge in [-0.2, -0.15) is 0 Å². The topological polar surface area (TPSA) is 61.9 Å². The van der Waals surface area contributed by atoms with Crippen LogP contribution in [-0.2, 0) is 4.79 Å². The first-order valence-corrected chi connectivity index (χ1v) is 9.36. The molecule has 0 saturated carbocycles. The van der Waals surface area contributed by atoms with E-state index in [0.717, 1.165) is 43.2 Å². The molecule has 24 heavy (non-hydrogen) atoms. The number of carbonyl (C=O) groups excluding carboxylic acids is 1. The number of benzene rings is 1. The van der Waals surface area contributed by atoms with Crippen molar-refractivity contribution < 1.29 is 4.79 Å². The summed E-state index contributed by atoms with van der Waals surface area (Å²) in [4.78, 5) is 19.1. The zero-order valence-electron chi connectivity index (χ0n) is 14.5. The van der Waals surface area contributed by atoms with Crippen LogP contribution >= 0.6 is 11.8 Å². The minimum atomic E-state index is -0.167. The molecule has 2 aromatic rings. The van der Waals surface area contributed by atoms with E-state index in [1.165, 1.54) is 17.3 Å². The summed E-state index contributed by atoms with van der Waals surface area (Å²) in [6, 6.07) is 8.14. The fourth-order valence-electron chi connectivity index (χ4n) is 2.83. The molecule has 1 saturated heterocycles. The molecule has 1 aliphatic heterocycles. The number of aromatic nitrogens is 3. The van der Waals surface area contributed by atoms with Crippen LogP contribution in [0.1, 0.15) is 32.3 Å². The number of carbonyl (C=O) groups is 1. The van der Waals surface area contributed by atoms with Gasteiger partial charge in [0.2, 0.25) is 11.1 Å². The van der Waals surface area contributed by atoms with Gasteiger partial charge in [-0.05, 0) is 32.6 Å². The summed E-state index contributed by atoms with van der Waals surface area (Å²) < 4.78 is 0. The van der Waals surface area contributed by atoms with E-state index in [-0.39, 0.29) is 11.2 Å². The Kier molecular flexibility index (Phi) is 5.23. The van der Waals surface area contributed by atoms with Crippen molar-refractivity contribution in [3.63, 3.8) is 0 Å². The van der Waals surface area contributed by atoms with Gasteiger partial charge < -0.3 is 4.90 Å². The Hall–Kier alpha value is -1.82. The highest BCUT2D eigenvalue weighted by atomic mass is 32.2. The van der Waals surface area contributed by atoms with Gasteiger partial charge in [0.1, 0.15) is 0 Å². The first kappa shape index (κ1) is 17.0. The zero-order valence-corrected chi connectivity index (χ0v) is 15.3. The van der Waals surface area contributed by atoms with Crippen LogP contribution in [0.5, 0.6) is 0 Å². The summed E-state index contributed by atoms with van der Waals surface area (Å²) in [5.74, 6) is 1.65. The molecule has 1 amide bonds. The average Bonchev–Trinajstić information content (AvgIpc) is 3.04. The van der Waals surface area contributed by atoms with Crippen molar-refractivity contribution in [3.05, 3.63) is 29.8 Å². The molecule has 1 fully saturated rings. The number of piperidine rings is 1. The van der Waals surface area contributed by atoms with Crippen LogP contribution in [0.2, 0.25) is 0 Å². The number of thioether (sulfide) groups is 1. The Morgan fingerprint density at radius 1 is 1.29 bits per heavy atom. The molecule has 6 heteroatoms. The molecule has 0 spiro atoms. The molecule has 1 atom stereocenters. The van der Waals surface area contributed by atoms with Crippen LogP contribution in [0.3, 0.4) is 0 Å². The molecule has 0 bridgehead atoms. The van der Waals surface area contributed by atoms with Gasteiger partial charge >= 0.3 is 0 Å². The molecule has 1 aromatic carbocycles. The van der Waals surface area contributed by atoms with Crippen LogP contribution in [-0.4, -0.2) is 44.3 Å². The summed E-state index contributed by atoms with van der Waals surface area (Å²) in [5, 5.41) is 7.67. The van der Waals surface area contributed by atoms with Crippen molar-refractivity contribution in [3.8, 4) is 11.4 Å². The monoisotopic (exact) mass is 344 g/mol. The number of hydrogen-bond donors (Lipinski definition) is 1. The quantitative estimate of drug-likeness (QED) is 0.862. The Bertz CT molecular complexity index is 689. The maximum absolute atomic E-state index is 12.6. The molecule has 128 valence electrons. The molecular weight excluding hydrogens is 320 g/mol. The molecule has 1 N–H and O–H groups in total. The minimum Gasteiger partial charge on any atom is -0.342 e. The summed E-state index contributed by atoms with van der Waals surface area (Å²) in [6.07, 6.45) is 2.20. The SMILES string of the molecule is Cc1ccc(-c2nc(S[C@H](C)C(=O)N3CCC(C)CC3)n[nH]2)cc1. The van der Waals surface area contributed by atoms with E-state index in [1.807, 2.05) is 36.1 Å². The number of rotatable bonds is 4. The lowest BCUT2D eigenvalue weighted by Gasteiger charge is -2.31. The highest BCUT2D eigenvalue weighted by Crippen LogP contribution is 2.25. The van der Waals surface area contributed by atoms with Gasteiger partial charge in [0.15, 0.2) is 5.82 Å². The highest BCUT2D eigenvalue weighted by Gasteiger charge is 2.26. The maximum Gasteiger partial charge on any atom is 0.235 e. The van der Waals surface area contributed by atoms with Gasteiger partial charge in [-0.3, -0.25) is 9.89 Å². The standard InChI is InChI=1S/C18H24N4OS/c1-12-4-6-15(7-5-12)16-19-18(21-20-16)24-14(3)17(23)22-10-8-13(2)9-11-22/h4-7,13-14H,8-11H2,1-3H3,(H,19,20,21)/t14-/m1/s1. The predicted octanol–water partition coefficient (Wildman–Crippen LogP) is 3.52. The van der Waals surface area contributed by atoms with Crippen LogP contribution in [0.4, 0.5) is 0 Å². The number of nitrogens with one attached hydrogen (secondary N) is 1. The van der Waals surface area contributed by atoms with Crippen LogP contribution in [0.25, 0.3) is 11.4 Å². The lowest BCUT2D eigenvalue weighted by atomic mass is 9.99. The summed E-state index contributed by atoms with van der Waals surface area (Å²) >= 11 is 1.42. The van der Waals surface area contributed by atoms with Gasteiger partial charge in [0.25, 0.3) is 0 Å². The third-order valence-electron chi connectivity index (χ3n) is 4.52. The number of aromatic amines is 1. The summed E-state index contributed by atoms with van der Waals surface area (Å²) in [7, 11) is 0. The van der Waals surface area contributed by atoms with E-state index < -0.39 is 0 Å². The van der Waals surface area contributed by atoms with Gasteiger partial charge in [-0.15, -0.1) is 5.10 Å². The van der Waals surface area contributed by atoms with Gasteiger partial charge in [0.05, 0.1) is 5.25 Å². The van der Waals surface area contributed by atoms with E-state index in [9.17, 15) is 4.79 Å². The molecule has 1 aliphatic rings. The van der Waals surface area contributed by atoms with E-state index in [2.05, 4.69) is 29.0 Å². The van der Waals surface area contributed by atoms with Gasteiger partial charge in [-0.1, -0.05) is 48.5 Å². The molecule has 0 unspecified atom stereocenters. The van der Waals surface area contributed by atoms with E-state index in [4.69, 9.17) is 0 Å². The fraction of sp³-hybridized carbons (Fsp3) is 0.500. The molecule has 0 radical (unpaired) electrons. The number of H-pyrrole nitrogens is 1. The second-order valence-corrected chi connectivity index (χ2v) is 7.91. The lowest BCUT2D eigenvalue weighted by molar-refractivity contribution is -0.131. The zero-order chi connectivity index (χ0) is 17.1. The molecule has 0 aliphatic carbocycles. The third-order valence-corrected chi connectivity index (χ3v) is 5.46. The third kappa shape index (κ3) is 3.98. The number of likely N-dealkylation sites (tertiary alicyclic amines) is 1. The number of amides is 1. The average molecular weight is 344 g/mol.